The van der Waals surface area contributed by atoms with Gasteiger partial charge in [0.25, 0.3) is 0 Å². The Balaban J connectivity index is 1.66. The molecule has 0 radical (unpaired) electrons. The van der Waals surface area contributed by atoms with Gasteiger partial charge in [0.1, 0.15) is 12.4 Å². The molecule has 0 bridgehead atoms. The number of nitrogens with two attached hydrogens (primary N) is 1. The summed E-state index contributed by atoms with van der Waals surface area (Å²) in [4.78, 5) is 10.2. The molecule has 0 atom stereocenters. The number of hydrogen-bond acceptors (Lipinski definition) is 5. The van der Waals surface area contributed by atoms with Crippen LogP contribution in [0.15, 0.2) is 47.6 Å². The molecule has 24 heavy (non-hydrogen) atoms. The summed E-state index contributed by atoms with van der Waals surface area (Å²) in [7, 11) is 0. The molecule has 0 spiro atoms. The van der Waals surface area contributed by atoms with Gasteiger partial charge in [-0.2, -0.15) is 0 Å². The molecule has 0 amide bonds. The van der Waals surface area contributed by atoms with E-state index in [0.29, 0.717) is 25.3 Å². The summed E-state index contributed by atoms with van der Waals surface area (Å²) < 4.78 is 5.83. The van der Waals surface area contributed by atoms with Gasteiger partial charge in [-0.3, -0.25) is 0 Å². The van der Waals surface area contributed by atoms with Crippen molar-refractivity contribution in [2.75, 3.05) is 18.1 Å². The van der Waals surface area contributed by atoms with E-state index >= 15 is 0 Å². The lowest BCUT2D eigenvalue weighted by molar-refractivity contribution is 0.318. The molecule has 1 aliphatic rings. The van der Waals surface area contributed by atoms with Crippen LogP contribution in [-0.2, 0) is 6.54 Å². The Bertz CT molecular complexity index is 885. The van der Waals surface area contributed by atoms with Gasteiger partial charge in [-0.05, 0) is 18.2 Å². The molecule has 2 aromatic carbocycles. The van der Waals surface area contributed by atoms with E-state index in [-0.39, 0.29) is 5.84 Å². The summed E-state index contributed by atoms with van der Waals surface area (Å²) in [5.74, 6) is 1.64. The molecule has 4 N–H and O–H groups in total. The van der Waals surface area contributed by atoms with Gasteiger partial charge in [0, 0.05) is 17.7 Å². The monoisotopic (exact) mass is 323 g/mol. The van der Waals surface area contributed by atoms with Crippen LogP contribution < -0.4 is 15.4 Å². The normalized spacial score (nSPS) is 15.0. The van der Waals surface area contributed by atoms with Gasteiger partial charge < -0.3 is 25.6 Å². The highest BCUT2D eigenvalue weighted by Crippen LogP contribution is 2.27. The number of aromatic amines is 1. The lowest BCUT2D eigenvalue weighted by Gasteiger charge is -2.18. The van der Waals surface area contributed by atoms with E-state index in [9.17, 15) is 0 Å². The number of nitrogens with one attached hydrogen (secondary N) is 1. The molecule has 0 fully saturated rings. The van der Waals surface area contributed by atoms with Crippen LogP contribution in [-0.4, -0.2) is 34.2 Å². The molecule has 122 valence electrons. The number of aromatic nitrogens is 2. The zero-order chi connectivity index (χ0) is 16.5. The average Bonchev–Trinajstić information content (AvgIpc) is 2.93. The Morgan fingerprint density at radius 2 is 2.17 bits per heavy atom. The first-order valence-corrected chi connectivity index (χ1v) is 7.68. The molecular weight excluding hydrogens is 306 g/mol. The predicted octanol–water partition coefficient (Wildman–Crippen LogP) is 2.06. The smallest absolute Gasteiger partial charge is 0.204 e. The topological polar surface area (TPSA) is 99.8 Å². The molecule has 7 nitrogen and oxygen atoms in total. The van der Waals surface area contributed by atoms with Crippen molar-refractivity contribution in [2.45, 2.75) is 6.54 Å². The second kappa shape index (κ2) is 5.77. The van der Waals surface area contributed by atoms with E-state index in [2.05, 4.69) is 20.0 Å². The molecule has 0 aliphatic carbocycles. The Morgan fingerprint density at radius 1 is 1.29 bits per heavy atom. The van der Waals surface area contributed by atoms with Crippen molar-refractivity contribution in [2.24, 2.45) is 10.9 Å². The van der Waals surface area contributed by atoms with Crippen molar-refractivity contribution in [1.29, 1.82) is 0 Å². The number of para-hydroxylation sites is 2. The lowest BCUT2D eigenvalue weighted by Crippen LogP contribution is -2.26. The van der Waals surface area contributed by atoms with E-state index < -0.39 is 0 Å². The maximum absolute atomic E-state index is 8.81. The number of oxime groups is 1. The van der Waals surface area contributed by atoms with Gasteiger partial charge in [-0.15, -0.1) is 0 Å². The van der Waals surface area contributed by atoms with Crippen LogP contribution in [0.25, 0.3) is 11.0 Å². The fraction of sp³-hybridized carbons (Fsp3) is 0.176. The Hall–Kier alpha value is -3.22. The third-order valence-electron chi connectivity index (χ3n) is 4.13. The third-order valence-corrected chi connectivity index (χ3v) is 4.13. The third kappa shape index (κ3) is 2.50. The van der Waals surface area contributed by atoms with E-state index in [4.69, 9.17) is 15.7 Å². The number of H-pyrrole nitrogens is 1. The Labute approximate surface area is 138 Å². The van der Waals surface area contributed by atoms with Crippen LogP contribution in [0.2, 0.25) is 0 Å². The van der Waals surface area contributed by atoms with Gasteiger partial charge in [0.05, 0.1) is 17.6 Å². The summed E-state index contributed by atoms with van der Waals surface area (Å²) >= 11 is 0. The van der Waals surface area contributed by atoms with Crippen molar-refractivity contribution in [1.82, 2.24) is 9.97 Å². The molecule has 0 saturated carbocycles. The van der Waals surface area contributed by atoms with E-state index in [1.807, 2.05) is 36.4 Å². The molecule has 4 rings (SSSR count). The highest BCUT2D eigenvalue weighted by molar-refractivity contribution is 5.97. The first-order chi connectivity index (χ1) is 11.7. The van der Waals surface area contributed by atoms with E-state index in [0.717, 1.165) is 28.3 Å². The van der Waals surface area contributed by atoms with Crippen molar-refractivity contribution in [3.8, 4) is 5.75 Å². The number of anilines is 1. The summed E-state index contributed by atoms with van der Waals surface area (Å²) in [5.41, 5.74) is 9.27. The summed E-state index contributed by atoms with van der Waals surface area (Å²) in [6.45, 7) is 1.92. The van der Waals surface area contributed by atoms with Gasteiger partial charge in [0.15, 0.2) is 5.84 Å². The van der Waals surface area contributed by atoms with Crippen LogP contribution in [0.3, 0.4) is 0 Å². The standard InChI is InChI=1S/C17H17N5O2/c18-16(21-23)11-5-6-12-10-22(7-8-24-15(12)9-11)17-19-13-3-1-2-4-14(13)20-17/h1-6,9,23H,7-8,10H2,(H2,18,21)(H,19,20). The van der Waals surface area contributed by atoms with Crippen LogP contribution in [0.4, 0.5) is 5.95 Å². The fourth-order valence-corrected chi connectivity index (χ4v) is 2.86. The first kappa shape index (κ1) is 14.4. The van der Waals surface area contributed by atoms with Crippen LogP contribution >= 0.6 is 0 Å². The zero-order valence-electron chi connectivity index (χ0n) is 12.9. The predicted molar refractivity (Wildman–Crippen MR) is 91.6 cm³/mol. The largest absolute Gasteiger partial charge is 0.491 e. The van der Waals surface area contributed by atoms with E-state index in [1.54, 1.807) is 6.07 Å². The second-order valence-corrected chi connectivity index (χ2v) is 5.66. The number of ether oxygens (including phenoxy) is 1. The SMILES string of the molecule is N/C(=N\O)c1ccc2c(c1)OCCN(c1nc3ccccc3[nH]1)C2. The number of hydrogen-bond donors (Lipinski definition) is 3. The number of amidine groups is 1. The quantitative estimate of drug-likeness (QED) is 0.290. The fourth-order valence-electron chi connectivity index (χ4n) is 2.86. The molecule has 1 aromatic heterocycles. The molecular formula is C17H17N5O2. The number of benzene rings is 2. The second-order valence-electron chi connectivity index (χ2n) is 5.66. The van der Waals surface area contributed by atoms with Crippen molar-refractivity contribution >= 4 is 22.8 Å². The van der Waals surface area contributed by atoms with Crippen LogP contribution in [0.1, 0.15) is 11.1 Å². The Kier molecular flexibility index (Phi) is 3.45. The van der Waals surface area contributed by atoms with Crippen LogP contribution in [0.5, 0.6) is 5.75 Å². The maximum Gasteiger partial charge on any atom is 0.204 e. The van der Waals surface area contributed by atoms with Crippen molar-refractivity contribution < 1.29 is 9.94 Å². The number of imidazole rings is 1. The van der Waals surface area contributed by atoms with Gasteiger partial charge in [0.2, 0.25) is 5.95 Å². The van der Waals surface area contributed by atoms with Gasteiger partial charge in [-0.25, -0.2) is 4.98 Å². The minimum Gasteiger partial charge on any atom is -0.491 e. The number of nitrogens with zero attached hydrogens (tertiary/aromatic N) is 3. The minimum absolute atomic E-state index is 0.0692. The van der Waals surface area contributed by atoms with Gasteiger partial charge >= 0.3 is 0 Å². The van der Waals surface area contributed by atoms with Crippen molar-refractivity contribution in [3.63, 3.8) is 0 Å². The molecule has 7 heteroatoms. The van der Waals surface area contributed by atoms with Crippen LogP contribution in [0, 0.1) is 0 Å². The lowest BCUT2D eigenvalue weighted by atomic mass is 10.1. The molecule has 2 heterocycles. The molecule has 1 aliphatic heterocycles. The molecule has 3 aromatic rings. The average molecular weight is 323 g/mol. The van der Waals surface area contributed by atoms with Gasteiger partial charge in [-0.1, -0.05) is 29.4 Å². The highest BCUT2D eigenvalue weighted by Gasteiger charge is 2.19. The van der Waals surface area contributed by atoms with Crippen molar-refractivity contribution in [3.05, 3.63) is 53.6 Å². The zero-order valence-corrected chi connectivity index (χ0v) is 12.9. The molecule has 0 saturated heterocycles. The maximum atomic E-state index is 8.81. The number of fused-ring (bicyclic) bond motifs is 2. The minimum atomic E-state index is 0.0692. The summed E-state index contributed by atoms with van der Waals surface area (Å²) in [6, 6.07) is 13.5. The highest BCUT2D eigenvalue weighted by atomic mass is 16.5. The number of rotatable bonds is 2. The summed E-state index contributed by atoms with van der Waals surface area (Å²) in [5, 5.41) is 11.8. The first-order valence-electron chi connectivity index (χ1n) is 7.68. The summed E-state index contributed by atoms with van der Waals surface area (Å²) in [6.07, 6.45) is 0. The molecule has 0 unspecified atom stereocenters. The Morgan fingerprint density at radius 3 is 3.00 bits per heavy atom. The van der Waals surface area contributed by atoms with E-state index in [1.165, 1.54) is 0 Å².